The summed E-state index contributed by atoms with van der Waals surface area (Å²) in [5.74, 6) is 0.642. The van der Waals surface area contributed by atoms with Crippen LogP contribution in [0.3, 0.4) is 0 Å². The van der Waals surface area contributed by atoms with Gasteiger partial charge in [0, 0.05) is 5.88 Å². The molecule has 1 aromatic rings. The lowest BCUT2D eigenvalue weighted by Gasteiger charge is -2.11. The van der Waals surface area contributed by atoms with Gasteiger partial charge in [0.05, 0.1) is 19.3 Å². The van der Waals surface area contributed by atoms with Gasteiger partial charge in [-0.15, -0.1) is 11.6 Å². The van der Waals surface area contributed by atoms with Crippen molar-refractivity contribution in [2.45, 2.75) is 19.7 Å². The third-order valence-corrected chi connectivity index (χ3v) is 2.63. The van der Waals surface area contributed by atoms with Crippen molar-refractivity contribution in [2.24, 2.45) is 0 Å². The Balaban J connectivity index is 3.16. The Kier molecular flexibility index (Phi) is 4.62. The maximum Gasteiger partial charge on any atom is 0.338 e. The number of halogens is 1. The van der Waals surface area contributed by atoms with Gasteiger partial charge in [-0.1, -0.05) is 0 Å². The van der Waals surface area contributed by atoms with E-state index in [1.807, 2.05) is 6.92 Å². The molecule has 0 aromatic heterocycles. The first-order chi connectivity index (χ1) is 7.63. The molecule has 0 N–H and O–H groups in total. The van der Waals surface area contributed by atoms with Crippen LogP contribution < -0.4 is 4.74 Å². The molecule has 1 aromatic carbocycles. The largest absolute Gasteiger partial charge is 0.496 e. The summed E-state index contributed by atoms with van der Waals surface area (Å²) < 4.78 is 10.1. The van der Waals surface area contributed by atoms with Gasteiger partial charge in [0.2, 0.25) is 0 Å². The van der Waals surface area contributed by atoms with E-state index in [4.69, 9.17) is 21.1 Å². The maximum atomic E-state index is 11.6. The van der Waals surface area contributed by atoms with Crippen molar-refractivity contribution in [1.82, 2.24) is 0 Å². The second-order valence-electron chi connectivity index (χ2n) is 3.32. The topological polar surface area (TPSA) is 35.5 Å². The number of ether oxygens (including phenoxy) is 2. The third-order valence-electron chi connectivity index (χ3n) is 2.34. The van der Waals surface area contributed by atoms with Crippen molar-refractivity contribution in [3.63, 3.8) is 0 Å². The molecule has 0 heterocycles. The molecule has 3 nitrogen and oxygen atoms in total. The second-order valence-corrected chi connectivity index (χ2v) is 3.58. The lowest BCUT2D eigenvalue weighted by molar-refractivity contribution is 0.0526. The molecule has 1 rings (SSSR count). The Labute approximate surface area is 100 Å². The molecule has 0 saturated heterocycles. The molecule has 0 bridgehead atoms. The van der Waals surface area contributed by atoms with Crippen molar-refractivity contribution in [2.75, 3.05) is 13.7 Å². The molecule has 0 amide bonds. The lowest BCUT2D eigenvalue weighted by atomic mass is 10.0. The number of hydrogen-bond donors (Lipinski definition) is 0. The summed E-state index contributed by atoms with van der Waals surface area (Å²) in [6.07, 6.45) is 0. The average molecular weight is 243 g/mol. The van der Waals surface area contributed by atoms with Crippen molar-refractivity contribution < 1.29 is 14.3 Å². The van der Waals surface area contributed by atoms with Crippen molar-refractivity contribution >= 4 is 17.6 Å². The third kappa shape index (κ3) is 2.67. The van der Waals surface area contributed by atoms with Gasteiger partial charge in [-0.2, -0.15) is 0 Å². The van der Waals surface area contributed by atoms with E-state index >= 15 is 0 Å². The Morgan fingerprint density at radius 2 is 2.12 bits per heavy atom. The zero-order valence-corrected chi connectivity index (χ0v) is 10.4. The predicted molar refractivity (Wildman–Crippen MR) is 63.2 cm³/mol. The molecule has 0 spiro atoms. The van der Waals surface area contributed by atoms with E-state index in [-0.39, 0.29) is 5.97 Å². The quantitative estimate of drug-likeness (QED) is 0.602. The van der Waals surface area contributed by atoms with Crippen LogP contribution in [-0.2, 0) is 10.6 Å². The predicted octanol–water partition coefficient (Wildman–Crippen LogP) is 2.92. The first-order valence-electron chi connectivity index (χ1n) is 5.04. The highest BCUT2D eigenvalue weighted by atomic mass is 35.5. The molecule has 16 heavy (non-hydrogen) atoms. The molecule has 0 unspecified atom stereocenters. The minimum atomic E-state index is -0.354. The van der Waals surface area contributed by atoms with E-state index in [0.717, 1.165) is 11.1 Å². The number of hydrogen-bond acceptors (Lipinski definition) is 3. The fourth-order valence-electron chi connectivity index (χ4n) is 1.43. The summed E-state index contributed by atoms with van der Waals surface area (Å²) >= 11 is 5.81. The van der Waals surface area contributed by atoms with Crippen molar-refractivity contribution in [3.8, 4) is 5.75 Å². The highest BCUT2D eigenvalue weighted by molar-refractivity contribution is 6.17. The van der Waals surface area contributed by atoms with Crippen LogP contribution in [0, 0.1) is 6.92 Å². The maximum absolute atomic E-state index is 11.6. The van der Waals surface area contributed by atoms with Crippen molar-refractivity contribution in [1.29, 1.82) is 0 Å². The van der Waals surface area contributed by atoms with Gasteiger partial charge in [0.25, 0.3) is 0 Å². The molecule has 0 saturated carbocycles. The molecule has 0 radical (unpaired) electrons. The molecule has 0 aliphatic rings. The average Bonchev–Trinajstić information content (AvgIpc) is 2.29. The molecule has 0 atom stereocenters. The van der Waals surface area contributed by atoms with E-state index in [9.17, 15) is 4.79 Å². The molecule has 0 aliphatic heterocycles. The van der Waals surface area contributed by atoms with Gasteiger partial charge >= 0.3 is 5.97 Å². The van der Waals surface area contributed by atoms with Crippen LogP contribution in [0.2, 0.25) is 0 Å². The van der Waals surface area contributed by atoms with Gasteiger partial charge < -0.3 is 9.47 Å². The summed E-state index contributed by atoms with van der Waals surface area (Å²) in [4.78, 5) is 11.6. The van der Waals surface area contributed by atoms with E-state index in [1.54, 1.807) is 26.2 Å². The molecule has 0 fully saturated rings. The minimum absolute atomic E-state index is 0.343. The smallest absolute Gasteiger partial charge is 0.338 e. The Bertz CT molecular complexity index is 363. The fraction of sp³-hybridized carbons (Fsp3) is 0.417. The molecule has 4 heteroatoms. The molecule has 88 valence electrons. The van der Waals surface area contributed by atoms with Crippen LogP contribution >= 0.6 is 11.6 Å². The summed E-state index contributed by atoms with van der Waals surface area (Å²) in [6.45, 7) is 4.03. The van der Waals surface area contributed by atoms with E-state index in [1.165, 1.54) is 0 Å². The Morgan fingerprint density at radius 1 is 1.44 bits per heavy atom. The van der Waals surface area contributed by atoms with Crippen LogP contribution in [0.5, 0.6) is 5.75 Å². The lowest BCUT2D eigenvalue weighted by Crippen LogP contribution is -2.06. The molecule has 0 aliphatic carbocycles. The standard InChI is InChI=1S/C12H15ClO3/c1-4-16-12(14)9-5-10(7-13)8(2)11(6-9)15-3/h5-6H,4,7H2,1-3H3. The SMILES string of the molecule is CCOC(=O)c1cc(CCl)c(C)c(OC)c1. The molecular weight excluding hydrogens is 228 g/mol. The number of rotatable bonds is 4. The van der Waals surface area contributed by atoms with Crippen molar-refractivity contribution in [3.05, 3.63) is 28.8 Å². The number of methoxy groups -OCH3 is 1. The van der Waals surface area contributed by atoms with Gasteiger partial charge in [-0.25, -0.2) is 4.79 Å². The molecular formula is C12H15ClO3. The van der Waals surface area contributed by atoms with Gasteiger partial charge in [0.1, 0.15) is 5.75 Å². The number of carbonyl (C=O) groups excluding carboxylic acids is 1. The minimum Gasteiger partial charge on any atom is -0.496 e. The number of carbonyl (C=O) groups is 1. The first kappa shape index (κ1) is 12.8. The van der Waals surface area contributed by atoms with Gasteiger partial charge in [0.15, 0.2) is 0 Å². The number of benzene rings is 1. The first-order valence-corrected chi connectivity index (χ1v) is 5.58. The van der Waals surface area contributed by atoms with Crippen LogP contribution in [0.1, 0.15) is 28.4 Å². The van der Waals surface area contributed by atoms with Crippen LogP contribution in [0.4, 0.5) is 0 Å². The Morgan fingerprint density at radius 3 is 2.62 bits per heavy atom. The number of esters is 1. The Hall–Kier alpha value is -1.22. The monoisotopic (exact) mass is 242 g/mol. The zero-order chi connectivity index (χ0) is 12.1. The summed E-state index contributed by atoms with van der Waals surface area (Å²) in [5, 5.41) is 0. The second kappa shape index (κ2) is 5.75. The summed E-state index contributed by atoms with van der Waals surface area (Å²) in [7, 11) is 1.56. The van der Waals surface area contributed by atoms with Crippen LogP contribution in [0.15, 0.2) is 12.1 Å². The van der Waals surface area contributed by atoms with Gasteiger partial charge in [-0.3, -0.25) is 0 Å². The summed E-state index contributed by atoms with van der Waals surface area (Å²) in [6, 6.07) is 3.41. The highest BCUT2D eigenvalue weighted by Crippen LogP contribution is 2.25. The van der Waals surface area contributed by atoms with E-state index in [2.05, 4.69) is 0 Å². The zero-order valence-electron chi connectivity index (χ0n) is 9.67. The highest BCUT2D eigenvalue weighted by Gasteiger charge is 2.13. The van der Waals surface area contributed by atoms with Gasteiger partial charge in [-0.05, 0) is 37.1 Å². The summed E-state index contributed by atoms with van der Waals surface area (Å²) in [5.41, 5.74) is 2.30. The van der Waals surface area contributed by atoms with E-state index < -0.39 is 0 Å². The van der Waals surface area contributed by atoms with Crippen LogP contribution in [0.25, 0.3) is 0 Å². The van der Waals surface area contributed by atoms with E-state index in [0.29, 0.717) is 23.8 Å². The normalized spacial score (nSPS) is 10.0. The van der Waals surface area contributed by atoms with Crippen LogP contribution in [-0.4, -0.2) is 19.7 Å². The number of alkyl halides is 1. The fourth-order valence-corrected chi connectivity index (χ4v) is 1.71.